The van der Waals surface area contributed by atoms with Gasteiger partial charge >= 0.3 is 0 Å². The first kappa shape index (κ1) is 24.1. The minimum atomic E-state index is -0.458. The van der Waals surface area contributed by atoms with Crippen LogP contribution in [0.4, 0.5) is 10.8 Å². The quantitative estimate of drug-likeness (QED) is 0.249. The van der Waals surface area contributed by atoms with Gasteiger partial charge in [-0.25, -0.2) is 4.98 Å². The summed E-state index contributed by atoms with van der Waals surface area (Å²) in [6.07, 6.45) is 3.85. The van der Waals surface area contributed by atoms with Crippen LogP contribution in [0.5, 0.6) is 11.5 Å². The predicted octanol–water partition coefficient (Wildman–Crippen LogP) is 4.22. The normalized spacial score (nSPS) is 11.3. The number of aromatic nitrogens is 1. The number of nitro benzene ring substituents is 1. The minimum absolute atomic E-state index is 0.00107. The Labute approximate surface area is 196 Å². The average Bonchev–Trinajstić information content (AvgIpc) is 3.24. The molecule has 3 aromatic rings. The zero-order chi connectivity index (χ0) is 24.0. The van der Waals surface area contributed by atoms with E-state index in [2.05, 4.69) is 4.90 Å². The number of thiazole rings is 1. The van der Waals surface area contributed by atoms with Crippen LogP contribution in [0.25, 0.3) is 16.3 Å². The lowest BCUT2D eigenvalue weighted by molar-refractivity contribution is -0.384. The van der Waals surface area contributed by atoms with Gasteiger partial charge in [0.15, 0.2) is 5.13 Å². The van der Waals surface area contributed by atoms with Crippen molar-refractivity contribution < 1.29 is 19.2 Å². The number of rotatable bonds is 10. The second kappa shape index (κ2) is 10.9. The van der Waals surface area contributed by atoms with Crippen molar-refractivity contribution in [2.45, 2.75) is 6.42 Å². The van der Waals surface area contributed by atoms with E-state index in [1.165, 1.54) is 29.5 Å². The van der Waals surface area contributed by atoms with Gasteiger partial charge in [-0.15, -0.1) is 0 Å². The molecule has 1 amide bonds. The predicted molar refractivity (Wildman–Crippen MR) is 130 cm³/mol. The molecule has 0 saturated heterocycles. The SMILES string of the molecule is COc1ccc(OC)c2sc(N(CCCN(C)C)C(=O)/C=C\c3ccc([N+](=O)[O-])cc3)nc12. The summed E-state index contributed by atoms with van der Waals surface area (Å²) in [7, 11) is 7.13. The Morgan fingerprint density at radius 1 is 1.09 bits per heavy atom. The van der Waals surface area contributed by atoms with Crippen molar-refractivity contribution in [2.24, 2.45) is 0 Å². The number of non-ortho nitro benzene ring substituents is 1. The highest BCUT2D eigenvalue weighted by Gasteiger charge is 2.21. The van der Waals surface area contributed by atoms with Gasteiger partial charge in [0.1, 0.15) is 21.7 Å². The van der Waals surface area contributed by atoms with Crippen LogP contribution < -0.4 is 14.4 Å². The van der Waals surface area contributed by atoms with Crippen LogP contribution in [0.2, 0.25) is 0 Å². The van der Waals surface area contributed by atoms with Gasteiger partial charge in [-0.05, 0) is 63.0 Å². The number of fused-ring (bicyclic) bond motifs is 1. The Hall–Kier alpha value is -3.50. The molecule has 0 aliphatic carbocycles. The van der Waals surface area contributed by atoms with Crippen molar-refractivity contribution >= 4 is 44.4 Å². The van der Waals surface area contributed by atoms with E-state index in [-0.39, 0.29) is 11.6 Å². The molecule has 1 aromatic heterocycles. The summed E-state index contributed by atoms with van der Waals surface area (Å²) < 4.78 is 11.7. The van der Waals surface area contributed by atoms with Crippen LogP contribution >= 0.6 is 11.3 Å². The maximum Gasteiger partial charge on any atom is 0.269 e. The Morgan fingerprint density at radius 3 is 2.36 bits per heavy atom. The lowest BCUT2D eigenvalue weighted by atomic mass is 10.2. The maximum absolute atomic E-state index is 13.2. The number of benzene rings is 2. The third kappa shape index (κ3) is 5.85. The summed E-state index contributed by atoms with van der Waals surface area (Å²) in [5, 5.41) is 11.4. The summed E-state index contributed by atoms with van der Waals surface area (Å²) in [6, 6.07) is 9.63. The molecule has 3 rings (SSSR count). The number of amides is 1. The van der Waals surface area contributed by atoms with E-state index in [1.54, 1.807) is 43.4 Å². The number of ether oxygens (including phenoxy) is 2. The van der Waals surface area contributed by atoms with Crippen molar-refractivity contribution in [3.05, 3.63) is 58.2 Å². The first-order valence-electron chi connectivity index (χ1n) is 10.2. The molecule has 0 aliphatic rings. The Morgan fingerprint density at radius 2 is 1.76 bits per heavy atom. The summed E-state index contributed by atoms with van der Waals surface area (Å²) in [5.74, 6) is 1.04. The highest BCUT2D eigenvalue weighted by atomic mass is 32.1. The number of methoxy groups -OCH3 is 2. The fraction of sp³-hybridized carbons (Fsp3) is 0.304. The maximum atomic E-state index is 13.2. The zero-order valence-corrected chi connectivity index (χ0v) is 19.8. The molecule has 33 heavy (non-hydrogen) atoms. The summed E-state index contributed by atoms with van der Waals surface area (Å²) >= 11 is 1.37. The molecular formula is C23H26N4O5S. The highest BCUT2D eigenvalue weighted by molar-refractivity contribution is 7.22. The first-order chi connectivity index (χ1) is 15.8. The lowest BCUT2D eigenvalue weighted by Crippen LogP contribution is -2.32. The Bertz CT molecular complexity index is 1120. The van der Waals surface area contributed by atoms with Crippen LogP contribution in [0.3, 0.4) is 0 Å². The zero-order valence-electron chi connectivity index (χ0n) is 19.0. The van der Waals surface area contributed by atoms with Crippen LogP contribution in [0, 0.1) is 10.1 Å². The van der Waals surface area contributed by atoms with Gasteiger partial charge in [0.2, 0.25) is 0 Å². The van der Waals surface area contributed by atoms with E-state index in [0.29, 0.717) is 34.3 Å². The molecule has 0 saturated carbocycles. The van der Waals surface area contributed by atoms with Crippen molar-refractivity contribution in [1.29, 1.82) is 0 Å². The number of anilines is 1. The van der Waals surface area contributed by atoms with E-state index in [1.807, 2.05) is 20.2 Å². The molecule has 0 N–H and O–H groups in total. The smallest absolute Gasteiger partial charge is 0.269 e. The summed E-state index contributed by atoms with van der Waals surface area (Å²) in [6.45, 7) is 1.29. The number of carbonyl (C=O) groups is 1. The van der Waals surface area contributed by atoms with E-state index in [4.69, 9.17) is 14.5 Å². The molecule has 10 heteroatoms. The average molecular weight is 471 g/mol. The van der Waals surface area contributed by atoms with E-state index >= 15 is 0 Å². The van der Waals surface area contributed by atoms with Crippen molar-refractivity contribution in [3.63, 3.8) is 0 Å². The Balaban J connectivity index is 1.92. The molecule has 1 heterocycles. The number of hydrogen-bond donors (Lipinski definition) is 0. The topological polar surface area (TPSA) is 98.0 Å². The molecule has 0 spiro atoms. The molecule has 174 valence electrons. The molecule has 0 bridgehead atoms. The third-order valence-corrected chi connectivity index (χ3v) is 6.00. The van der Waals surface area contributed by atoms with Gasteiger partial charge < -0.3 is 14.4 Å². The molecule has 0 atom stereocenters. The molecule has 0 fully saturated rings. The molecule has 0 unspecified atom stereocenters. The Kier molecular flexibility index (Phi) is 7.96. The van der Waals surface area contributed by atoms with Gasteiger partial charge in [-0.2, -0.15) is 0 Å². The van der Waals surface area contributed by atoms with Crippen molar-refractivity contribution in [3.8, 4) is 11.5 Å². The second-order valence-corrected chi connectivity index (χ2v) is 8.45. The molecule has 2 aromatic carbocycles. The summed E-state index contributed by atoms with van der Waals surface area (Å²) in [5.41, 5.74) is 1.33. The number of hydrogen-bond acceptors (Lipinski definition) is 8. The van der Waals surface area contributed by atoms with Crippen LogP contribution in [0.15, 0.2) is 42.5 Å². The fourth-order valence-corrected chi connectivity index (χ4v) is 4.31. The third-order valence-electron chi connectivity index (χ3n) is 4.91. The first-order valence-corrected chi connectivity index (χ1v) is 11.1. The number of nitrogens with zero attached hydrogens (tertiary/aromatic N) is 4. The van der Waals surface area contributed by atoms with Crippen molar-refractivity contribution in [2.75, 3.05) is 46.3 Å². The number of nitro groups is 1. The van der Waals surface area contributed by atoms with Gasteiger partial charge in [0.25, 0.3) is 11.6 Å². The number of carbonyl (C=O) groups excluding carboxylic acids is 1. The van der Waals surface area contributed by atoms with Crippen LogP contribution in [0.1, 0.15) is 12.0 Å². The molecule has 9 nitrogen and oxygen atoms in total. The van der Waals surface area contributed by atoms with Gasteiger partial charge in [0.05, 0.1) is 19.1 Å². The van der Waals surface area contributed by atoms with E-state index in [9.17, 15) is 14.9 Å². The summed E-state index contributed by atoms with van der Waals surface area (Å²) in [4.78, 5) is 31.9. The van der Waals surface area contributed by atoms with E-state index in [0.717, 1.165) is 17.7 Å². The lowest BCUT2D eigenvalue weighted by Gasteiger charge is -2.19. The largest absolute Gasteiger partial charge is 0.495 e. The second-order valence-electron chi connectivity index (χ2n) is 7.47. The monoisotopic (exact) mass is 470 g/mol. The van der Waals surface area contributed by atoms with Gasteiger partial charge in [-0.3, -0.25) is 19.8 Å². The highest BCUT2D eigenvalue weighted by Crippen LogP contribution is 2.40. The van der Waals surface area contributed by atoms with Gasteiger partial charge in [0, 0.05) is 24.8 Å². The molecule has 0 aliphatic heterocycles. The van der Waals surface area contributed by atoms with Crippen molar-refractivity contribution in [1.82, 2.24) is 9.88 Å². The molecular weight excluding hydrogens is 444 g/mol. The fourth-order valence-electron chi connectivity index (χ4n) is 3.20. The molecule has 0 radical (unpaired) electrons. The minimum Gasteiger partial charge on any atom is -0.495 e. The van der Waals surface area contributed by atoms with E-state index < -0.39 is 4.92 Å². The van der Waals surface area contributed by atoms with Gasteiger partial charge in [-0.1, -0.05) is 11.3 Å². The van der Waals surface area contributed by atoms with Crippen LogP contribution in [-0.2, 0) is 4.79 Å². The van der Waals surface area contributed by atoms with Crippen LogP contribution in [-0.4, -0.2) is 62.1 Å². The standard InChI is InChI=1S/C23H26N4O5S/c1-25(2)14-5-15-26(20(28)13-8-16-6-9-17(10-7-16)27(29)30)23-24-21-18(31-3)11-12-19(32-4)22(21)33-23/h6-13H,5,14-15H2,1-4H3/b13-8-.